The second-order valence-electron chi connectivity index (χ2n) is 5.97. The molecule has 0 heterocycles. The summed E-state index contributed by atoms with van der Waals surface area (Å²) in [5.74, 6) is -2.00. The molecule has 0 aromatic rings. The number of rotatable bonds is 11. The molecular formula is C21H23ClF4O. The normalized spacial score (nSPS) is 15.8. The minimum Gasteiger partial charge on any atom is -0.432 e. The third-order valence-electron chi connectivity index (χ3n) is 3.70. The van der Waals surface area contributed by atoms with Crippen LogP contribution in [0.5, 0.6) is 0 Å². The first kappa shape index (κ1) is 23.0. The van der Waals surface area contributed by atoms with E-state index in [1.165, 1.54) is 12.2 Å². The van der Waals surface area contributed by atoms with Gasteiger partial charge < -0.3 is 4.74 Å². The summed E-state index contributed by atoms with van der Waals surface area (Å²) in [5, 5.41) is 0.277. The van der Waals surface area contributed by atoms with Crippen molar-refractivity contribution in [3.8, 4) is 0 Å². The van der Waals surface area contributed by atoms with Gasteiger partial charge in [0, 0.05) is 0 Å². The first-order chi connectivity index (χ1) is 12.8. The molecular weight excluding hydrogens is 380 g/mol. The van der Waals surface area contributed by atoms with Crippen molar-refractivity contribution < 1.29 is 22.3 Å². The summed E-state index contributed by atoms with van der Waals surface area (Å²) >= 11 is 5.73. The number of hydrogen-bond donors (Lipinski definition) is 0. The molecule has 0 aromatic heterocycles. The van der Waals surface area contributed by atoms with E-state index in [0.29, 0.717) is 19.3 Å². The number of ether oxygens (including phenoxy) is 1. The summed E-state index contributed by atoms with van der Waals surface area (Å²) in [6.45, 7) is 3.85. The van der Waals surface area contributed by atoms with Gasteiger partial charge in [0.1, 0.15) is 5.83 Å². The summed E-state index contributed by atoms with van der Waals surface area (Å²) < 4.78 is 54.4. The van der Waals surface area contributed by atoms with Crippen molar-refractivity contribution in [1.82, 2.24) is 0 Å². The molecule has 1 nitrogen and oxygen atoms in total. The van der Waals surface area contributed by atoms with Crippen LogP contribution in [0, 0.1) is 0 Å². The van der Waals surface area contributed by atoms with Gasteiger partial charge >= 0.3 is 6.61 Å². The van der Waals surface area contributed by atoms with Crippen molar-refractivity contribution in [2.45, 2.75) is 45.1 Å². The highest BCUT2D eigenvalue weighted by Crippen LogP contribution is 2.30. The predicted octanol–water partition coefficient (Wildman–Crippen LogP) is 7.96. The van der Waals surface area contributed by atoms with Gasteiger partial charge in [-0.25, -0.2) is 8.78 Å². The van der Waals surface area contributed by atoms with Gasteiger partial charge in [-0.2, -0.15) is 8.78 Å². The topological polar surface area (TPSA) is 9.23 Å². The molecule has 27 heavy (non-hydrogen) atoms. The third-order valence-corrected chi connectivity index (χ3v) is 4.07. The van der Waals surface area contributed by atoms with Gasteiger partial charge in [0.2, 0.25) is 0 Å². The lowest BCUT2D eigenvalue weighted by Crippen LogP contribution is -1.98. The summed E-state index contributed by atoms with van der Waals surface area (Å²) in [6, 6.07) is 0. The van der Waals surface area contributed by atoms with E-state index in [0.717, 1.165) is 36.5 Å². The number of alkyl halides is 2. The third kappa shape index (κ3) is 10.0. The van der Waals surface area contributed by atoms with Gasteiger partial charge in [0.15, 0.2) is 11.6 Å². The minimum atomic E-state index is -3.10. The summed E-state index contributed by atoms with van der Waals surface area (Å²) in [7, 11) is 0. The van der Waals surface area contributed by atoms with Crippen LogP contribution in [0.1, 0.15) is 38.5 Å². The monoisotopic (exact) mass is 402 g/mol. The fraction of sp³-hybridized carbons (Fsp3) is 0.333. The maximum atomic E-state index is 13.4. The molecule has 0 atom stereocenters. The lowest BCUT2D eigenvalue weighted by molar-refractivity contribution is -0.0952. The fourth-order valence-corrected chi connectivity index (χ4v) is 2.52. The first-order valence-corrected chi connectivity index (χ1v) is 8.89. The molecule has 6 heteroatoms. The average molecular weight is 403 g/mol. The summed E-state index contributed by atoms with van der Waals surface area (Å²) in [5.41, 5.74) is 2.02. The second-order valence-corrected chi connectivity index (χ2v) is 6.43. The van der Waals surface area contributed by atoms with E-state index in [2.05, 4.69) is 17.9 Å². The second kappa shape index (κ2) is 12.4. The molecule has 0 aliphatic heterocycles. The van der Waals surface area contributed by atoms with E-state index in [1.807, 2.05) is 12.2 Å². The van der Waals surface area contributed by atoms with Gasteiger partial charge in [0.05, 0.1) is 5.03 Å². The smallest absolute Gasteiger partial charge is 0.387 e. The zero-order chi connectivity index (χ0) is 20.2. The van der Waals surface area contributed by atoms with E-state index >= 15 is 0 Å². The van der Waals surface area contributed by atoms with Crippen LogP contribution < -0.4 is 0 Å². The Morgan fingerprint density at radius 1 is 1.22 bits per heavy atom. The highest BCUT2D eigenvalue weighted by Gasteiger charge is 2.12. The molecule has 0 spiro atoms. The SMILES string of the molecule is C=C(CCC=CC/C=C/C=C(/OC(F)F)C(=C)F)CC1=CC(F)=C(Cl)CC1. The fourth-order valence-electron chi connectivity index (χ4n) is 2.37. The highest BCUT2D eigenvalue weighted by atomic mass is 35.5. The van der Waals surface area contributed by atoms with E-state index in [1.54, 1.807) is 6.08 Å². The predicted molar refractivity (Wildman–Crippen MR) is 103 cm³/mol. The first-order valence-electron chi connectivity index (χ1n) is 8.51. The molecule has 0 radical (unpaired) electrons. The lowest BCUT2D eigenvalue weighted by Gasteiger charge is -2.13. The van der Waals surface area contributed by atoms with Crippen molar-refractivity contribution in [1.29, 1.82) is 0 Å². The van der Waals surface area contributed by atoms with Gasteiger partial charge in [-0.05, 0) is 50.7 Å². The van der Waals surface area contributed by atoms with Crippen LogP contribution in [0.2, 0.25) is 0 Å². The Kier molecular flexibility index (Phi) is 10.6. The molecule has 1 aliphatic carbocycles. The number of hydrogen-bond acceptors (Lipinski definition) is 1. The van der Waals surface area contributed by atoms with Crippen molar-refractivity contribution in [3.05, 3.63) is 83.2 Å². The lowest BCUT2D eigenvalue weighted by atomic mass is 9.95. The van der Waals surface area contributed by atoms with E-state index in [4.69, 9.17) is 11.6 Å². The maximum absolute atomic E-state index is 13.4. The van der Waals surface area contributed by atoms with E-state index in [-0.39, 0.29) is 10.9 Å². The highest BCUT2D eigenvalue weighted by molar-refractivity contribution is 6.30. The van der Waals surface area contributed by atoms with Crippen LogP contribution in [0.15, 0.2) is 83.2 Å². The Hall–Kier alpha value is -2.01. The number of allylic oxidation sites excluding steroid dienone is 11. The Labute approximate surface area is 162 Å². The van der Waals surface area contributed by atoms with Gasteiger partial charge in [-0.15, -0.1) is 0 Å². The molecule has 0 unspecified atom stereocenters. The van der Waals surface area contributed by atoms with Crippen molar-refractivity contribution >= 4 is 11.6 Å². The van der Waals surface area contributed by atoms with Crippen LogP contribution in [0.3, 0.4) is 0 Å². The van der Waals surface area contributed by atoms with E-state index in [9.17, 15) is 17.6 Å². The molecule has 1 aliphatic rings. The average Bonchev–Trinajstić information content (AvgIpc) is 2.59. The zero-order valence-electron chi connectivity index (χ0n) is 15.0. The van der Waals surface area contributed by atoms with Crippen LogP contribution in [-0.2, 0) is 4.74 Å². The molecule has 0 N–H and O–H groups in total. The Morgan fingerprint density at radius 3 is 2.59 bits per heavy atom. The quantitative estimate of drug-likeness (QED) is 0.147. The molecule has 1 rings (SSSR count). The largest absolute Gasteiger partial charge is 0.432 e. The molecule has 0 aromatic carbocycles. The standard InChI is InChI=1S/C21H23ClF4O/c1-15(13-17-11-12-18(22)19(24)14-17)9-7-5-3-4-6-8-10-20(16(2)23)27-21(25)26/h3,5-6,8,10,14,21H,1-2,4,7,9,11-13H2/b5-3?,8-6+,20-10+. The molecule has 0 amide bonds. The Bertz CT molecular complexity index is 684. The van der Waals surface area contributed by atoms with E-state index < -0.39 is 18.2 Å². The van der Waals surface area contributed by atoms with Crippen LogP contribution in [-0.4, -0.2) is 6.61 Å². The molecule has 0 fully saturated rings. The summed E-state index contributed by atoms with van der Waals surface area (Å²) in [4.78, 5) is 0. The number of halogens is 5. The molecule has 0 bridgehead atoms. The zero-order valence-corrected chi connectivity index (χ0v) is 15.8. The maximum Gasteiger partial charge on any atom is 0.387 e. The van der Waals surface area contributed by atoms with Gasteiger partial charge in [-0.1, -0.05) is 60.2 Å². The van der Waals surface area contributed by atoms with Gasteiger partial charge in [-0.3, -0.25) is 0 Å². The van der Waals surface area contributed by atoms with Crippen molar-refractivity contribution in [2.24, 2.45) is 0 Å². The summed E-state index contributed by atoms with van der Waals surface area (Å²) in [6.07, 6.45) is 13.6. The Balaban J connectivity index is 2.30. The minimum absolute atomic E-state index is 0.277. The van der Waals surface area contributed by atoms with Crippen LogP contribution in [0.25, 0.3) is 0 Å². The van der Waals surface area contributed by atoms with Crippen LogP contribution >= 0.6 is 11.6 Å². The van der Waals surface area contributed by atoms with Crippen molar-refractivity contribution in [2.75, 3.05) is 0 Å². The molecule has 148 valence electrons. The van der Waals surface area contributed by atoms with Gasteiger partial charge in [0.25, 0.3) is 0 Å². The Morgan fingerprint density at radius 2 is 1.96 bits per heavy atom. The van der Waals surface area contributed by atoms with Crippen LogP contribution in [0.4, 0.5) is 17.6 Å². The molecule has 0 saturated heterocycles. The molecule has 0 saturated carbocycles. The van der Waals surface area contributed by atoms with Crippen molar-refractivity contribution in [3.63, 3.8) is 0 Å².